The van der Waals surface area contributed by atoms with E-state index in [-0.39, 0.29) is 24.2 Å². The highest BCUT2D eigenvalue weighted by Gasteiger charge is 2.30. The first-order valence-corrected chi connectivity index (χ1v) is 9.28. The van der Waals surface area contributed by atoms with Crippen LogP contribution >= 0.6 is 0 Å². The maximum Gasteiger partial charge on any atom is 0.325 e. The highest BCUT2D eigenvalue weighted by atomic mass is 19.1. The number of benzene rings is 1. The molecule has 0 fully saturated rings. The molecule has 2 aromatic rings. The van der Waals surface area contributed by atoms with Crippen molar-refractivity contribution in [2.75, 3.05) is 32.7 Å². The van der Waals surface area contributed by atoms with Gasteiger partial charge >= 0.3 is 5.97 Å². The van der Waals surface area contributed by atoms with Gasteiger partial charge in [0.2, 0.25) is 11.8 Å². The monoisotopic (exact) mass is 414 g/mol. The molecule has 0 spiro atoms. The lowest BCUT2D eigenvalue weighted by molar-refractivity contribution is -0.138. The first kappa shape index (κ1) is 21.2. The normalized spacial score (nSPS) is 17.8. The Morgan fingerprint density at radius 1 is 1.23 bits per heavy atom. The molecular weight excluding hydrogens is 391 g/mol. The van der Waals surface area contributed by atoms with E-state index < -0.39 is 5.97 Å². The van der Waals surface area contributed by atoms with Crippen LogP contribution in [0.5, 0.6) is 11.5 Å². The Morgan fingerprint density at radius 2 is 1.97 bits per heavy atom. The van der Waals surface area contributed by atoms with Crippen LogP contribution in [0.2, 0.25) is 0 Å². The summed E-state index contributed by atoms with van der Waals surface area (Å²) in [4.78, 5) is 25.8. The number of rotatable bonds is 6. The molecule has 30 heavy (non-hydrogen) atoms. The second kappa shape index (κ2) is 9.34. The molecule has 8 nitrogen and oxygen atoms in total. The minimum absolute atomic E-state index is 0.0259. The summed E-state index contributed by atoms with van der Waals surface area (Å²) in [7, 11) is 4.50. The first-order chi connectivity index (χ1) is 14.4. The topological polar surface area (TPSA) is 86.1 Å². The van der Waals surface area contributed by atoms with Gasteiger partial charge in [-0.1, -0.05) is 19.1 Å². The second-order valence-corrected chi connectivity index (χ2v) is 6.78. The van der Waals surface area contributed by atoms with Crippen molar-refractivity contribution in [3.8, 4) is 11.5 Å². The first-order valence-electron chi connectivity index (χ1n) is 9.28. The summed E-state index contributed by atoms with van der Waals surface area (Å²) in [6.45, 7) is 2.04. The van der Waals surface area contributed by atoms with E-state index in [1.54, 1.807) is 24.2 Å². The van der Waals surface area contributed by atoms with Crippen molar-refractivity contribution in [2.24, 2.45) is 10.9 Å². The fraction of sp³-hybridized carbons (Fsp3) is 0.333. The summed E-state index contributed by atoms with van der Waals surface area (Å²) in [5, 5.41) is 0. The van der Waals surface area contributed by atoms with E-state index in [2.05, 4.69) is 19.7 Å². The number of aromatic nitrogens is 2. The number of hydrogen-bond donors (Lipinski definition) is 0. The third-order valence-corrected chi connectivity index (χ3v) is 4.69. The molecule has 0 radical (unpaired) electrons. The summed E-state index contributed by atoms with van der Waals surface area (Å²) in [5.74, 6) is 0.587. The van der Waals surface area contributed by atoms with E-state index in [9.17, 15) is 9.18 Å². The van der Waals surface area contributed by atoms with Crippen LogP contribution in [0.1, 0.15) is 18.4 Å². The number of anilines is 1. The van der Waals surface area contributed by atoms with Crippen LogP contribution in [-0.4, -0.2) is 49.6 Å². The van der Waals surface area contributed by atoms with Gasteiger partial charge in [0.15, 0.2) is 5.75 Å². The Balaban J connectivity index is 1.81. The van der Waals surface area contributed by atoms with Crippen LogP contribution in [0.3, 0.4) is 0 Å². The van der Waals surface area contributed by atoms with Gasteiger partial charge in [-0.05, 0) is 12.0 Å². The van der Waals surface area contributed by atoms with Crippen molar-refractivity contribution in [3.05, 3.63) is 54.2 Å². The molecule has 0 saturated carbocycles. The van der Waals surface area contributed by atoms with Gasteiger partial charge in [-0.15, -0.1) is 0 Å². The number of nitrogens with zero attached hydrogens (tertiary/aromatic N) is 4. The van der Waals surface area contributed by atoms with Crippen molar-refractivity contribution < 1.29 is 23.4 Å². The van der Waals surface area contributed by atoms with Crippen LogP contribution in [-0.2, 0) is 9.53 Å². The van der Waals surface area contributed by atoms with Crippen molar-refractivity contribution >= 4 is 17.8 Å². The molecule has 9 heteroatoms. The third-order valence-electron chi connectivity index (χ3n) is 4.69. The van der Waals surface area contributed by atoms with Gasteiger partial charge in [-0.3, -0.25) is 4.79 Å². The molecule has 1 aromatic carbocycles. The summed E-state index contributed by atoms with van der Waals surface area (Å²) in [6.07, 6.45) is 6.62. The summed E-state index contributed by atoms with van der Waals surface area (Å²) in [6, 6.07) is 4.40. The SMILES string of the molecule is COC(=O)CN(C)c1ncc(OC2=NC=CC(C)C2c2ccc(F)cc2OC)cn1. The smallest absolute Gasteiger partial charge is 0.325 e. The number of allylic oxidation sites excluding steroid dienone is 1. The molecule has 2 unspecified atom stereocenters. The van der Waals surface area contributed by atoms with Crippen LogP contribution in [0.25, 0.3) is 0 Å². The number of carbonyl (C=O) groups excluding carboxylic acids is 1. The van der Waals surface area contributed by atoms with Crippen LogP contribution in [0.15, 0.2) is 47.9 Å². The maximum atomic E-state index is 13.6. The van der Waals surface area contributed by atoms with Gasteiger partial charge < -0.3 is 19.1 Å². The van der Waals surface area contributed by atoms with E-state index in [1.807, 2.05) is 13.0 Å². The minimum Gasteiger partial charge on any atom is -0.496 e. The lowest BCUT2D eigenvalue weighted by Gasteiger charge is -2.27. The zero-order chi connectivity index (χ0) is 21.7. The number of aliphatic imine (C=N–C) groups is 1. The van der Waals surface area contributed by atoms with Crippen molar-refractivity contribution in [1.82, 2.24) is 9.97 Å². The van der Waals surface area contributed by atoms with Crippen LogP contribution in [0.4, 0.5) is 10.3 Å². The number of halogens is 1. The van der Waals surface area contributed by atoms with Gasteiger partial charge in [0.05, 0.1) is 32.5 Å². The van der Waals surface area contributed by atoms with Gasteiger partial charge in [0.1, 0.15) is 18.1 Å². The van der Waals surface area contributed by atoms with E-state index in [0.29, 0.717) is 23.3 Å². The zero-order valence-corrected chi connectivity index (χ0v) is 17.2. The maximum absolute atomic E-state index is 13.6. The van der Waals surface area contributed by atoms with E-state index in [0.717, 1.165) is 5.56 Å². The quantitative estimate of drug-likeness (QED) is 0.672. The Kier molecular flexibility index (Phi) is 6.61. The fourth-order valence-corrected chi connectivity index (χ4v) is 3.13. The number of carbonyl (C=O) groups is 1. The Bertz CT molecular complexity index is 962. The Morgan fingerprint density at radius 3 is 2.63 bits per heavy atom. The number of likely N-dealkylation sites (N-methyl/N-ethyl adjacent to an activating group) is 1. The largest absolute Gasteiger partial charge is 0.496 e. The number of methoxy groups -OCH3 is 2. The van der Waals surface area contributed by atoms with Gasteiger partial charge in [0, 0.05) is 24.9 Å². The number of hydrogen-bond acceptors (Lipinski definition) is 8. The molecule has 3 rings (SSSR count). The van der Waals surface area contributed by atoms with Gasteiger partial charge in [-0.25, -0.2) is 19.4 Å². The molecule has 1 aromatic heterocycles. The summed E-state index contributed by atoms with van der Waals surface area (Å²) < 4.78 is 29.6. The summed E-state index contributed by atoms with van der Waals surface area (Å²) in [5.41, 5.74) is 0.768. The van der Waals surface area contributed by atoms with Crippen LogP contribution in [0, 0.1) is 11.7 Å². The van der Waals surface area contributed by atoms with E-state index in [1.165, 1.54) is 38.7 Å². The fourth-order valence-electron chi connectivity index (χ4n) is 3.13. The zero-order valence-electron chi connectivity index (χ0n) is 17.2. The van der Waals surface area contributed by atoms with Crippen molar-refractivity contribution in [3.63, 3.8) is 0 Å². The van der Waals surface area contributed by atoms with Crippen molar-refractivity contribution in [1.29, 1.82) is 0 Å². The molecule has 2 heterocycles. The molecule has 0 amide bonds. The van der Waals surface area contributed by atoms with Gasteiger partial charge in [-0.2, -0.15) is 0 Å². The van der Waals surface area contributed by atoms with E-state index >= 15 is 0 Å². The number of esters is 1. The minimum atomic E-state index is -0.394. The molecule has 0 bridgehead atoms. The highest BCUT2D eigenvalue weighted by molar-refractivity contribution is 5.88. The highest BCUT2D eigenvalue weighted by Crippen LogP contribution is 2.36. The van der Waals surface area contributed by atoms with E-state index in [4.69, 9.17) is 9.47 Å². The van der Waals surface area contributed by atoms with Crippen molar-refractivity contribution in [2.45, 2.75) is 12.8 Å². The molecule has 0 N–H and O–H groups in total. The Hall–Kier alpha value is -3.49. The predicted octanol–water partition coefficient (Wildman–Crippen LogP) is 2.96. The lowest BCUT2D eigenvalue weighted by Crippen LogP contribution is -2.28. The standard InChI is InChI=1S/C21H23FN4O4/c1-13-7-8-23-20(19(13)16-6-5-14(22)9-17(16)28-3)30-15-10-24-21(25-11-15)26(2)12-18(27)29-4/h5-11,13,19H,12H2,1-4H3. The molecular formula is C21H23FN4O4. The Labute approximate surface area is 174 Å². The summed E-state index contributed by atoms with van der Waals surface area (Å²) >= 11 is 0. The van der Waals surface area contributed by atoms with Gasteiger partial charge in [0.25, 0.3) is 0 Å². The molecule has 158 valence electrons. The number of ether oxygens (including phenoxy) is 3. The average Bonchev–Trinajstić information content (AvgIpc) is 2.74. The molecule has 2 atom stereocenters. The van der Waals surface area contributed by atoms with Crippen LogP contribution < -0.4 is 14.4 Å². The predicted molar refractivity (Wildman–Crippen MR) is 109 cm³/mol. The third kappa shape index (κ3) is 4.73. The molecule has 0 aliphatic carbocycles. The second-order valence-electron chi connectivity index (χ2n) is 6.78. The lowest BCUT2D eigenvalue weighted by atomic mass is 9.85. The molecule has 0 saturated heterocycles. The average molecular weight is 414 g/mol. The molecule has 1 aliphatic heterocycles. The molecule has 1 aliphatic rings.